The van der Waals surface area contributed by atoms with Gasteiger partial charge >= 0.3 is 0 Å². The van der Waals surface area contributed by atoms with E-state index in [4.69, 9.17) is 9.47 Å². The van der Waals surface area contributed by atoms with Crippen LogP contribution in [0.15, 0.2) is 101 Å². The van der Waals surface area contributed by atoms with E-state index in [9.17, 15) is 32.7 Å². The van der Waals surface area contributed by atoms with Crippen LogP contribution in [0.5, 0.6) is 0 Å². The van der Waals surface area contributed by atoms with Crippen molar-refractivity contribution in [3.05, 3.63) is 108 Å². The van der Waals surface area contributed by atoms with Crippen molar-refractivity contribution in [1.29, 1.82) is 0 Å². The maximum Gasteiger partial charge on any atom is 0.247 e. The highest BCUT2D eigenvalue weighted by atomic mass is 32.2. The van der Waals surface area contributed by atoms with Crippen LogP contribution in [0.3, 0.4) is 0 Å². The zero-order valence-corrected chi connectivity index (χ0v) is 44.5. The molecular weight excluding hydrogens is 999 g/mol. The number of aliphatic hydroxyl groups is 1. The molecule has 4 amide bonds. The second-order valence-electron chi connectivity index (χ2n) is 19.8. The molecule has 8 rings (SSSR count). The lowest BCUT2D eigenvalue weighted by atomic mass is 9.85. The fourth-order valence-corrected chi connectivity index (χ4v) is 10.4. The number of benzene rings is 3. The van der Waals surface area contributed by atoms with Gasteiger partial charge in [-0.1, -0.05) is 63.2 Å². The van der Waals surface area contributed by atoms with Gasteiger partial charge in [0.25, 0.3) is 0 Å². The molecule has 0 unspecified atom stereocenters. The van der Waals surface area contributed by atoms with Crippen molar-refractivity contribution in [2.45, 2.75) is 63.7 Å². The predicted octanol–water partition coefficient (Wildman–Crippen LogP) is 4.06. The number of piperazine rings is 1. The van der Waals surface area contributed by atoms with Gasteiger partial charge in [0.15, 0.2) is 15.5 Å². The first-order valence-electron chi connectivity index (χ1n) is 24.9. The van der Waals surface area contributed by atoms with Crippen molar-refractivity contribution in [3.8, 4) is 21.7 Å². The number of β-amino-alcohol motifs (C(OH)–C–C–N with tert-alkyl or cyclic N) is 1. The Morgan fingerprint density at radius 2 is 1.56 bits per heavy atom. The van der Waals surface area contributed by atoms with E-state index < -0.39 is 45.3 Å². The first-order valence-corrected chi connectivity index (χ1v) is 27.6. The van der Waals surface area contributed by atoms with E-state index in [1.165, 1.54) is 11.2 Å². The molecule has 3 atom stereocenters. The van der Waals surface area contributed by atoms with Gasteiger partial charge in [-0.05, 0) is 72.0 Å². The largest absolute Gasteiger partial charge is 0.391 e. The van der Waals surface area contributed by atoms with Crippen LogP contribution in [-0.4, -0.2) is 163 Å². The van der Waals surface area contributed by atoms with E-state index >= 15 is 0 Å². The molecule has 0 spiro atoms. The number of nitrogens with one attached hydrogen (secondary N) is 4. The third-order valence-electron chi connectivity index (χ3n) is 13.1. The average Bonchev–Trinajstić information content (AvgIpc) is 4.13. The molecule has 398 valence electrons. The topological polar surface area (TPSA) is 242 Å². The number of hydrogen-bond donors (Lipinski definition) is 5. The minimum Gasteiger partial charge on any atom is -0.391 e. The van der Waals surface area contributed by atoms with Crippen LogP contribution in [0.1, 0.15) is 38.4 Å². The number of thiazole rings is 1. The normalized spacial score (nSPS) is 16.7. The molecule has 6 aromatic rings. The molecule has 3 aromatic heterocycles. The molecule has 22 heteroatoms. The molecule has 0 aliphatic carbocycles. The lowest BCUT2D eigenvalue weighted by Gasteiger charge is -2.35. The SMILES string of the molecule is Cc1ncsc1-c1ccc(CNC(=O)[C@@H]2C[C@@H](O)CN2C(=O)[C@@H](NC(=O)COCCOCCNC(=O)CN2CCN(c3ccc(Nc4nc5cccc(-c6ccc(S(C)(=O)=O)cc6)n5n4)cc3)CC2)C(C)(C)C)cc1. The monoisotopic (exact) mass is 1060 g/mol. The van der Waals surface area contributed by atoms with Crippen LogP contribution < -0.4 is 26.2 Å². The van der Waals surface area contributed by atoms with Crippen molar-refractivity contribution in [2.24, 2.45) is 5.41 Å². The number of likely N-dealkylation sites (tertiary alicyclic amines) is 1. The molecule has 75 heavy (non-hydrogen) atoms. The van der Waals surface area contributed by atoms with Gasteiger partial charge < -0.3 is 45.6 Å². The van der Waals surface area contributed by atoms with Crippen LogP contribution in [0, 0.1) is 12.3 Å². The number of carbonyl (C=O) groups excluding carboxylic acids is 4. The quantitative estimate of drug-likeness (QED) is 0.0639. The summed E-state index contributed by atoms with van der Waals surface area (Å²) in [6.07, 6.45) is 0.380. The van der Waals surface area contributed by atoms with E-state index in [-0.39, 0.29) is 69.2 Å². The Bertz CT molecular complexity index is 3040. The van der Waals surface area contributed by atoms with Crippen molar-refractivity contribution in [3.63, 3.8) is 0 Å². The molecule has 2 saturated heterocycles. The standard InChI is InChI=1S/C53H65N11O9S2/c1-35-48(74-34-56-35)38-11-9-36(10-12-38)30-55-50(68)44-29-41(65)31-63(44)51(69)49(53(2,3)4)59-47(67)33-73-28-27-72-26-21-54-46(66)32-61-22-24-62(25-23-61)40-17-15-39(16-18-40)57-52-58-45-8-6-7-43(64(45)60-52)37-13-19-42(20-14-37)75(5,70)71/h6-20,34,41,44,49,65H,21-33H2,1-5H3,(H,54,66)(H,55,68)(H,57,60)(H,59,67)/t41-,44+,49-/m1/s1. The number of amides is 4. The highest BCUT2D eigenvalue weighted by Crippen LogP contribution is 2.29. The maximum atomic E-state index is 14.0. The fraction of sp³-hybridized carbons (Fsp3) is 0.415. The number of nitrogens with zero attached hydrogens (tertiary/aromatic N) is 7. The molecule has 20 nitrogen and oxygen atoms in total. The third-order valence-corrected chi connectivity index (χ3v) is 15.2. The summed E-state index contributed by atoms with van der Waals surface area (Å²) in [6.45, 7) is 11.4. The Balaban J connectivity index is 0.692. The number of carbonyl (C=O) groups is 4. The number of sulfone groups is 1. The van der Waals surface area contributed by atoms with E-state index in [0.717, 1.165) is 57.4 Å². The molecule has 0 saturated carbocycles. The third kappa shape index (κ3) is 14.3. The van der Waals surface area contributed by atoms with Gasteiger partial charge in [0.2, 0.25) is 29.6 Å². The summed E-state index contributed by atoms with van der Waals surface area (Å²) in [4.78, 5) is 69.2. The van der Waals surface area contributed by atoms with Crippen molar-refractivity contribution in [1.82, 2.24) is 45.3 Å². The summed E-state index contributed by atoms with van der Waals surface area (Å²) in [5, 5.41) is 27.1. The summed E-state index contributed by atoms with van der Waals surface area (Å²) >= 11 is 1.57. The number of ether oxygens (including phenoxy) is 2. The minimum absolute atomic E-state index is 0.0310. The molecule has 0 bridgehead atoms. The number of aliphatic hydroxyl groups excluding tert-OH is 1. The van der Waals surface area contributed by atoms with Gasteiger partial charge in [0, 0.05) is 75.4 Å². The van der Waals surface area contributed by atoms with Crippen LogP contribution >= 0.6 is 11.3 Å². The Morgan fingerprint density at radius 1 is 0.853 bits per heavy atom. The van der Waals surface area contributed by atoms with Gasteiger partial charge in [-0.3, -0.25) is 24.1 Å². The molecule has 2 aliphatic heterocycles. The van der Waals surface area contributed by atoms with Crippen LogP contribution in [0.4, 0.5) is 17.3 Å². The summed E-state index contributed by atoms with van der Waals surface area (Å²) in [6, 6.07) is 26.3. The number of hydrogen-bond acceptors (Lipinski definition) is 16. The smallest absolute Gasteiger partial charge is 0.247 e. The average molecular weight is 1060 g/mol. The summed E-state index contributed by atoms with van der Waals surface area (Å²) in [7, 11) is -3.31. The first-order chi connectivity index (χ1) is 35.9. The Morgan fingerprint density at radius 3 is 2.24 bits per heavy atom. The molecule has 5 N–H and O–H groups in total. The number of aromatic nitrogens is 4. The first kappa shape index (κ1) is 54.4. The van der Waals surface area contributed by atoms with E-state index in [2.05, 4.69) is 46.1 Å². The van der Waals surface area contributed by atoms with Gasteiger partial charge in [-0.2, -0.15) is 4.98 Å². The highest BCUT2D eigenvalue weighted by Gasteiger charge is 2.44. The lowest BCUT2D eigenvalue weighted by molar-refractivity contribution is -0.144. The summed E-state index contributed by atoms with van der Waals surface area (Å²) in [5.41, 5.74) is 8.08. The van der Waals surface area contributed by atoms with Crippen LogP contribution in [-0.2, 0) is 45.0 Å². The Labute approximate surface area is 440 Å². The lowest BCUT2D eigenvalue weighted by Crippen LogP contribution is -2.58. The van der Waals surface area contributed by atoms with Gasteiger partial charge in [0.05, 0.1) is 59.1 Å². The van der Waals surface area contributed by atoms with E-state index in [1.54, 1.807) is 45.6 Å². The number of anilines is 3. The Hall–Kier alpha value is -6.82. The van der Waals surface area contributed by atoms with Crippen molar-refractivity contribution < 1.29 is 42.2 Å². The second kappa shape index (κ2) is 24.2. The Kier molecular flexibility index (Phi) is 17.6. The number of rotatable bonds is 21. The van der Waals surface area contributed by atoms with Crippen LogP contribution in [0.2, 0.25) is 0 Å². The molecule has 3 aromatic carbocycles. The molecule has 2 fully saturated rings. The molecule has 0 radical (unpaired) electrons. The summed E-state index contributed by atoms with van der Waals surface area (Å²) in [5.74, 6) is -1.03. The maximum absolute atomic E-state index is 14.0. The summed E-state index contributed by atoms with van der Waals surface area (Å²) < 4.78 is 36.8. The zero-order chi connectivity index (χ0) is 53.3. The number of aryl methyl sites for hydroxylation is 1. The fourth-order valence-electron chi connectivity index (χ4n) is 8.99. The molecular formula is C53H65N11O9S2. The number of fused-ring (bicyclic) bond motifs is 1. The van der Waals surface area contributed by atoms with E-state index in [0.29, 0.717) is 31.2 Å². The predicted molar refractivity (Wildman–Crippen MR) is 286 cm³/mol. The zero-order valence-electron chi connectivity index (χ0n) is 42.8. The van der Waals surface area contributed by atoms with Crippen molar-refractivity contribution in [2.75, 3.05) is 88.7 Å². The van der Waals surface area contributed by atoms with E-state index in [1.807, 2.05) is 94.4 Å². The second-order valence-corrected chi connectivity index (χ2v) is 22.7. The van der Waals surface area contributed by atoms with Gasteiger partial charge in [-0.25, -0.2) is 17.9 Å². The van der Waals surface area contributed by atoms with Gasteiger partial charge in [0.1, 0.15) is 18.7 Å². The molecule has 2 aliphatic rings. The van der Waals surface area contributed by atoms with Gasteiger partial charge in [-0.15, -0.1) is 16.4 Å². The molecule has 5 heterocycles. The highest BCUT2D eigenvalue weighted by molar-refractivity contribution is 7.90. The minimum atomic E-state index is -3.31. The number of pyridine rings is 1. The van der Waals surface area contributed by atoms with Crippen molar-refractivity contribution >= 4 is 67.8 Å². The van der Waals surface area contributed by atoms with Crippen LogP contribution in [0.25, 0.3) is 27.3 Å².